The number of likely N-dealkylation sites (N-methyl/N-ethyl adjacent to an activating group) is 1. The second-order valence-electron chi connectivity index (χ2n) is 21.5. The van der Waals surface area contributed by atoms with Crippen LogP contribution in [0.4, 0.5) is 14.4 Å². The van der Waals surface area contributed by atoms with Crippen LogP contribution in [0.1, 0.15) is 116 Å². The van der Waals surface area contributed by atoms with Crippen molar-refractivity contribution in [3.05, 3.63) is 107 Å². The molecule has 1 heterocycles. The average Bonchev–Trinajstić information content (AvgIpc) is 3.54. The number of rotatable bonds is 14. The summed E-state index contributed by atoms with van der Waals surface area (Å²) in [5, 5.41) is 19.6. The van der Waals surface area contributed by atoms with Crippen LogP contribution in [0.15, 0.2) is 90.0 Å². The van der Waals surface area contributed by atoms with Gasteiger partial charge in [-0.15, -0.1) is 0 Å². The van der Waals surface area contributed by atoms with Gasteiger partial charge in [-0.25, -0.2) is 14.4 Å². The van der Waals surface area contributed by atoms with Gasteiger partial charge in [-0.3, -0.25) is 19.2 Å². The standard InChI is InChI=1S/C51H65N9O10.C6H13NO2.C2H6/c1-30-10-13-33(14-11-30)34-15-17-35(18-16-34)46(63)56-29-42(61)60(9)43-36-19-21-41(68-25-23-55-49(66)70-51(6,7)8)38(28-36)37-26-32(12-20-40(37)67-24-22-54-48(65)69-50(3,4)5)27-39(44(52)59-53)58-45(62)31(2)57-47(43)64;1-6(2,3)9-5(8)7-4;1-2/h10-21,26,28,31,39,43H,22-25,27,29,53H2,1-9H3,(H2,52,59)(H,54,65)(H,55,66)(H,56,63)(H,57,64)(H,58,62);1-4H3,(H,7,8);1-2H3/t31-,39?,43?;;/m0../s1. The highest BCUT2D eigenvalue weighted by atomic mass is 16.6. The lowest BCUT2D eigenvalue weighted by molar-refractivity contribution is -0.139. The van der Waals surface area contributed by atoms with Crippen LogP contribution in [-0.4, -0.2) is 128 Å². The largest absolute Gasteiger partial charge is 0.491 e. The summed E-state index contributed by atoms with van der Waals surface area (Å²) in [6.45, 7) is 23.0. The van der Waals surface area contributed by atoms with Crippen LogP contribution < -0.4 is 53.0 Å². The van der Waals surface area contributed by atoms with Gasteiger partial charge in [0.05, 0.1) is 25.7 Å². The van der Waals surface area contributed by atoms with Crippen molar-refractivity contribution >= 4 is 47.7 Å². The maximum atomic E-state index is 14.5. The second kappa shape index (κ2) is 30.7. The first kappa shape index (κ1) is 66.7. The summed E-state index contributed by atoms with van der Waals surface area (Å²) >= 11 is 0. The van der Waals surface area contributed by atoms with E-state index in [2.05, 4.69) is 37.0 Å². The molecule has 0 saturated heterocycles. The highest BCUT2D eigenvalue weighted by Gasteiger charge is 2.33. The molecule has 0 aromatic heterocycles. The number of carbonyl (C=O) groups excluding carboxylic acids is 7. The Labute approximate surface area is 476 Å². The Bertz CT molecular complexity index is 2800. The molecule has 0 radical (unpaired) electrons. The molecule has 0 saturated carbocycles. The van der Waals surface area contributed by atoms with Crippen molar-refractivity contribution < 1.29 is 57.2 Å². The molecule has 1 aliphatic rings. The van der Waals surface area contributed by atoms with E-state index < -0.39 is 71.7 Å². The van der Waals surface area contributed by atoms with E-state index in [1.807, 2.05) is 77.9 Å². The van der Waals surface area contributed by atoms with Gasteiger partial charge >= 0.3 is 18.3 Å². The molecule has 0 fully saturated rings. The Morgan fingerprint density at radius 1 is 0.667 bits per heavy atom. The maximum Gasteiger partial charge on any atom is 0.407 e. The average molecular weight is 1130 g/mol. The number of nitrogens with zero attached hydrogens (tertiary/aromatic N) is 2. The molecule has 22 heteroatoms. The molecule has 3 atom stereocenters. The fraction of sp³-hybridized carbons (Fsp3) is 0.458. The molecule has 2 unspecified atom stereocenters. The van der Waals surface area contributed by atoms with Gasteiger partial charge in [0, 0.05) is 30.8 Å². The van der Waals surface area contributed by atoms with Crippen molar-refractivity contribution in [1.82, 2.24) is 36.8 Å². The first-order valence-electron chi connectivity index (χ1n) is 26.7. The molecule has 4 aromatic rings. The predicted octanol–water partition coefficient (Wildman–Crippen LogP) is 7.01. The number of hydrogen-bond acceptors (Lipinski definition) is 14. The van der Waals surface area contributed by atoms with E-state index in [9.17, 15) is 33.6 Å². The first-order valence-corrected chi connectivity index (χ1v) is 26.7. The fourth-order valence-electron chi connectivity index (χ4n) is 7.53. The van der Waals surface area contributed by atoms with Gasteiger partial charge in [0.15, 0.2) is 0 Å². The number of amides is 7. The van der Waals surface area contributed by atoms with Gasteiger partial charge in [-0.2, -0.15) is 5.10 Å². The molecule has 442 valence electrons. The number of carbonyl (C=O) groups is 7. The summed E-state index contributed by atoms with van der Waals surface area (Å²) in [6, 6.07) is 21.6. The molecule has 1 aliphatic heterocycles. The molecule has 4 bridgehead atoms. The number of aryl methyl sites for hydroxylation is 1. The molecule has 0 spiro atoms. The van der Waals surface area contributed by atoms with Crippen molar-refractivity contribution in [3.8, 4) is 33.8 Å². The number of hydrazone groups is 1. The van der Waals surface area contributed by atoms with E-state index in [0.717, 1.165) is 16.7 Å². The summed E-state index contributed by atoms with van der Waals surface area (Å²) < 4.78 is 28.2. The SMILES string of the molecule is CC.CNC(=O)OC(C)(C)C.Cc1ccc(-c2ccc(C(=O)NCC(=O)N(C)C3C(=O)N[C@@H](C)C(=O)NC(/C(N)=N/N)Cc4ccc(OCCNC(=O)OC(C)(C)C)c(c4)-c4cc3ccc4OCCNC(=O)OC(C)(C)C)cc2)cc1. The van der Waals surface area contributed by atoms with Crippen molar-refractivity contribution in [2.24, 2.45) is 16.7 Å². The molecule has 22 nitrogen and oxygen atoms in total. The first-order chi connectivity index (χ1) is 38.0. The van der Waals surface area contributed by atoms with Gasteiger partial charge in [-0.05, 0) is 141 Å². The number of alkyl carbamates (subject to hydrolysis) is 3. The zero-order valence-corrected chi connectivity index (χ0v) is 49.5. The van der Waals surface area contributed by atoms with Crippen LogP contribution in [0, 0.1) is 6.92 Å². The number of ether oxygens (including phenoxy) is 5. The van der Waals surface area contributed by atoms with Crippen molar-refractivity contribution in [2.45, 2.75) is 131 Å². The second-order valence-corrected chi connectivity index (χ2v) is 21.5. The number of nitrogens with one attached hydrogen (secondary N) is 6. The molecule has 10 N–H and O–H groups in total. The number of hydrogen-bond donors (Lipinski definition) is 8. The molecule has 4 aromatic carbocycles. The number of nitrogens with two attached hydrogens (primary N) is 2. The van der Waals surface area contributed by atoms with Crippen molar-refractivity contribution in [1.29, 1.82) is 0 Å². The minimum Gasteiger partial charge on any atom is -0.491 e. The fourth-order valence-corrected chi connectivity index (χ4v) is 7.53. The van der Waals surface area contributed by atoms with Gasteiger partial charge < -0.3 is 72.1 Å². The Morgan fingerprint density at radius 2 is 1.15 bits per heavy atom. The van der Waals surface area contributed by atoms with Gasteiger partial charge in [-0.1, -0.05) is 67.9 Å². The Balaban J connectivity index is 0.00000142. The zero-order chi connectivity index (χ0) is 60.8. The zero-order valence-electron chi connectivity index (χ0n) is 49.5. The van der Waals surface area contributed by atoms with Gasteiger partial charge in [0.25, 0.3) is 5.91 Å². The summed E-state index contributed by atoms with van der Waals surface area (Å²) in [4.78, 5) is 92.3. The van der Waals surface area contributed by atoms with Crippen LogP contribution in [0.2, 0.25) is 0 Å². The molecule has 81 heavy (non-hydrogen) atoms. The lowest BCUT2D eigenvalue weighted by Gasteiger charge is -2.30. The van der Waals surface area contributed by atoms with Crippen molar-refractivity contribution in [3.63, 3.8) is 0 Å². The summed E-state index contributed by atoms with van der Waals surface area (Å²) in [6.07, 6.45) is -1.55. The number of amidine groups is 1. The minimum atomic E-state index is -1.38. The maximum absolute atomic E-state index is 14.5. The highest BCUT2D eigenvalue weighted by Crippen LogP contribution is 2.40. The quantitative estimate of drug-likeness (QED) is 0.0157. The molecule has 7 amide bonds. The van der Waals surface area contributed by atoms with E-state index in [-0.39, 0.29) is 50.3 Å². The number of benzene rings is 4. The molecular formula is C59H84N10O12. The molecule has 0 aliphatic carbocycles. The predicted molar refractivity (Wildman–Crippen MR) is 311 cm³/mol. The van der Waals surface area contributed by atoms with E-state index in [1.54, 1.807) is 90.1 Å². The van der Waals surface area contributed by atoms with Crippen molar-refractivity contribution in [2.75, 3.05) is 46.9 Å². The van der Waals surface area contributed by atoms with Crippen LogP contribution in [0.3, 0.4) is 0 Å². The van der Waals surface area contributed by atoms with Crippen LogP contribution in [0.25, 0.3) is 22.3 Å². The Morgan fingerprint density at radius 3 is 1.63 bits per heavy atom. The van der Waals surface area contributed by atoms with Crippen LogP contribution in [-0.2, 0) is 35.0 Å². The Hall–Kier alpha value is -8.56. The number of fused-ring (bicyclic) bond motifs is 5. The monoisotopic (exact) mass is 1120 g/mol. The Kier molecular flexibility index (Phi) is 25.3. The molecular weight excluding hydrogens is 1040 g/mol. The lowest BCUT2D eigenvalue weighted by atomic mass is 9.93. The third-order valence-electron chi connectivity index (χ3n) is 11.3. The third-order valence-corrected chi connectivity index (χ3v) is 11.3. The molecule has 5 rings (SSSR count). The highest BCUT2D eigenvalue weighted by molar-refractivity contribution is 5.99. The van der Waals surface area contributed by atoms with Crippen LogP contribution in [0.5, 0.6) is 11.5 Å². The van der Waals surface area contributed by atoms with E-state index in [0.29, 0.717) is 39.3 Å². The minimum absolute atomic E-state index is 0.00445. The normalized spacial score (nSPS) is 15.3. The lowest BCUT2D eigenvalue weighted by Crippen LogP contribution is -2.54. The smallest absolute Gasteiger partial charge is 0.407 e. The van der Waals surface area contributed by atoms with E-state index >= 15 is 0 Å². The van der Waals surface area contributed by atoms with Crippen LogP contribution >= 0.6 is 0 Å². The van der Waals surface area contributed by atoms with E-state index in [4.69, 9.17) is 35.3 Å². The van der Waals surface area contributed by atoms with E-state index in [1.165, 1.54) is 25.9 Å². The summed E-state index contributed by atoms with van der Waals surface area (Å²) in [7, 11) is 2.95. The third kappa shape index (κ3) is 22.6. The summed E-state index contributed by atoms with van der Waals surface area (Å²) in [5.74, 6) is 3.66. The summed E-state index contributed by atoms with van der Waals surface area (Å²) in [5.41, 5.74) is 9.53. The van der Waals surface area contributed by atoms with Gasteiger partial charge in [0.2, 0.25) is 17.7 Å². The van der Waals surface area contributed by atoms with Gasteiger partial charge in [0.1, 0.15) is 59.4 Å². The topological polar surface area (TPSA) is 305 Å².